The molecular formula is C13H15NO2. The number of hydrogen-bond donors (Lipinski definition) is 1. The van der Waals surface area contributed by atoms with Gasteiger partial charge in [-0.15, -0.1) is 0 Å². The average Bonchev–Trinajstić information content (AvgIpc) is 2.61. The summed E-state index contributed by atoms with van der Waals surface area (Å²) in [5, 5.41) is 1.09. The van der Waals surface area contributed by atoms with Crippen molar-refractivity contribution in [3.63, 3.8) is 0 Å². The Morgan fingerprint density at radius 1 is 1.25 bits per heavy atom. The number of carbonyl (C=O) groups excluding carboxylic acids is 1. The van der Waals surface area contributed by atoms with Crippen molar-refractivity contribution in [3.8, 4) is 0 Å². The molecule has 1 heterocycles. The van der Waals surface area contributed by atoms with E-state index in [1.807, 2.05) is 45.2 Å². The Morgan fingerprint density at radius 3 is 2.69 bits per heavy atom. The van der Waals surface area contributed by atoms with E-state index in [9.17, 15) is 4.79 Å². The highest BCUT2D eigenvalue weighted by Gasteiger charge is 2.17. The van der Waals surface area contributed by atoms with E-state index in [0.717, 1.165) is 10.9 Å². The molecule has 2 aromatic rings. The molecular weight excluding hydrogens is 202 g/mol. The molecule has 0 saturated heterocycles. The molecule has 0 spiro atoms. The number of hydrogen-bond acceptors (Lipinski definition) is 2. The molecule has 84 valence electrons. The Hall–Kier alpha value is -1.77. The number of nitrogens with one attached hydrogen (secondary N) is 1. The van der Waals surface area contributed by atoms with Crippen molar-refractivity contribution in [1.82, 2.24) is 4.98 Å². The van der Waals surface area contributed by atoms with Crippen molar-refractivity contribution in [1.29, 1.82) is 0 Å². The van der Waals surface area contributed by atoms with Crippen LogP contribution in [0.4, 0.5) is 0 Å². The predicted molar refractivity (Wildman–Crippen MR) is 63.5 cm³/mol. The summed E-state index contributed by atoms with van der Waals surface area (Å²) in [4.78, 5) is 14.9. The Labute approximate surface area is 94.4 Å². The lowest BCUT2D eigenvalue weighted by Crippen LogP contribution is -2.23. The fourth-order valence-electron chi connectivity index (χ4n) is 1.51. The van der Waals surface area contributed by atoms with Crippen LogP contribution in [0.3, 0.4) is 0 Å². The molecule has 0 amide bonds. The van der Waals surface area contributed by atoms with Crippen molar-refractivity contribution in [2.75, 3.05) is 0 Å². The van der Waals surface area contributed by atoms with E-state index in [0.29, 0.717) is 5.56 Å². The first-order chi connectivity index (χ1) is 7.46. The van der Waals surface area contributed by atoms with Crippen LogP contribution in [0.15, 0.2) is 30.5 Å². The van der Waals surface area contributed by atoms with E-state index in [4.69, 9.17) is 4.74 Å². The van der Waals surface area contributed by atoms with E-state index in [-0.39, 0.29) is 5.97 Å². The lowest BCUT2D eigenvalue weighted by molar-refractivity contribution is 0.00697. The van der Waals surface area contributed by atoms with Gasteiger partial charge in [0.15, 0.2) is 0 Å². The van der Waals surface area contributed by atoms with Gasteiger partial charge in [0.05, 0.1) is 5.56 Å². The van der Waals surface area contributed by atoms with Gasteiger partial charge in [0.2, 0.25) is 0 Å². The van der Waals surface area contributed by atoms with Crippen LogP contribution in [0.1, 0.15) is 31.1 Å². The van der Waals surface area contributed by atoms with Gasteiger partial charge in [-0.25, -0.2) is 4.79 Å². The van der Waals surface area contributed by atoms with E-state index in [1.54, 1.807) is 6.07 Å². The monoisotopic (exact) mass is 217 g/mol. The first kappa shape index (κ1) is 10.7. The van der Waals surface area contributed by atoms with E-state index >= 15 is 0 Å². The average molecular weight is 217 g/mol. The van der Waals surface area contributed by atoms with E-state index < -0.39 is 5.60 Å². The third-order valence-electron chi connectivity index (χ3n) is 2.19. The molecule has 0 unspecified atom stereocenters. The van der Waals surface area contributed by atoms with E-state index in [2.05, 4.69) is 4.98 Å². The normalized spacial score (nSPS) is 11.7. The molecule has 1 aromatic carbocycles. The van der Waals surface area contributed by atoms with Gasteiger partial charge >= 0.3 is 5.97 Å². The molecule has 0 aliphatic carbocycles. The molecule has 0 saturated carbocycles. The van der Waals surface area contributed by atoms with Gasteiger partial charge in [-0.05, 0) is 44.4 Å². The SMILES string of the molecule is CC(C)(C)OC(=O)c1ccc2cc[nH]c2c1. The van der Waals surface area contributed by atoms with Crippen LogP contribution in [0.25, 0.3) is 10.9 Å². The van der Waals surface area contributed by atoms with Crippen molar-refractivity contribution >= 4 is 16.9 Å². The number of ether oxygens (including phenoxy) is 1. The van der Waals surface area contributed by atoms with Crippen LogP contribution < -0.4 is 0 Å². The molecule has 3 nitrogen and oxygen atoms in total. The highest BCUT2D eigenvalue weighted by atomic mass is 16.6. The quantitative estimate of drug-likeness (QED) is 0.746. The summed E-state index contributed by atoms with van der Waals surface area (Å²) in [7, 11) is 0. The van der Waals surface area contributed by atoms with Gasteiger partial charge in [-0.1, -0.05) is 6.07 Å². The Kier molecular flexibility index (Phi) is 2.46. The van der Waals surface area contributed by atoms with Crippen LogP contribution in [0.5, 0.6) is 0 Å². The van der Waals surface area contributed by atoms with Crippen LogP contribution in [-0.4, -0.2) is 16.6 Å². The van der Waals surface area contributed by atoms with Gasteiger partial charge < -0.3 is 9.72 Å². The molecule has 0 atom stereocenters. The summed E-state index contributed by atoms with van der Waals surface area (Å²) < 4.78 is 5.30. The number of H-pyrrole nitrogens is 1. The molecule has 0 bridgehead atoms. The van der Waals surface area contributed by atoms with Crippen molar-refractivity contribution < 1.29 is 9.53 Å². The molecule has 1 N–H and O–H groups in total. The third kappa shape index (κ3) is 2.24. The number of fused-ring (bicyclic) bond motifs is 1. The van der Waals surface area contributed by atoms with E-state index in [1.165, 1.54) is 0 Å². The summed E-state index contributed by atoms with van der Waals surface area (Å²) in [5.74, 6) is -0.288. The summed E-state index contributed by atoms with van der Waals surface area (Å²) in [6.45, 7) is 5.58. The zero-order valence-electron chi connectivity index (χ0n) is 9.70. The largest absolute Gasteiger partial charge is 0.456 e. The summed E-state index contributed by atoms with van der Waals surface area (Å²) in [6.07, 6.45) is 1.85. The maximum absolute atomic E-state index is 11.8. The third-order valence-corrected chi connectivity index (χ3v) is 2.19. The zero-order chi connectivity index (χ0) is 11.8. The van der Waals surface area contributed by atoms with Crippen molar-refractivity contribution in [2.24, 2.45) is 0 Å². The molecule has 0 fully saturated rings. The zero-order valence-corrected chi connectivity index (χ0v) is 9.70. The maximum atomic E-state index is 11.8. The van der Waals surface area contributed by atoms with Crippen LogP contribution in [0.2, 0.25) is 0 Å². The number of aromatic amines is 1. The Morgan fingerprint density at radius 2 is 2.00 bits per heavy atom. The number of rotatable bonds is 1. The molecule has 3 heteroatoms. The van der Waals surface area contributed by atoms with Gasteiger partial charge in [-0.2, -0.15) is 0 Å². The second kappa shape index (κ2) is 3.67. The number of benzene rings is 1. The van der Waals surface area contributed by atoms with Gasteiger partial charge in [-0.3, -0.25) is 0 Å². The number of esters is 1. The summed E-state index contributed by atoms with van der Waals surface area (Å²) >= 11 is 0. The topological polar surface area (TPSA) is 42.1 Å². The fourth-order valence-corrected chi connectivity index (χ4v) is 1.51. The van der Waals surface area contributed by atoms with Crippen molar-refractivity contribution in [2.45, 2.75) is 26.4 Å². The minimum atomic E-state index is -0.457. The van der Waals surface area contributed by atoms with Gasteiger partial charge in [0.1, 0.15) is 5.60 Å². The minimum Gasteiger partial charge on any atom is -0.456 e. The second-order valence-electron chi connectivity index (χ2n) is 4.78. The minimum absolute atomic E-state index is 0.288. The first-order valence-electron chi connectivity index (χ1n) is 5.26. The summed E-state index contributed by atoms with van der Waals surface area (Å²) in [6, 6.07) is 7.47. The molecule has 1 aromatic heterocycles. The van der Waals surface area contributed by atoms with Crippen LogP contribution in [-0.2, 0) is 4.74 Å². The molecule has 0 radical (unpaired) electrons. The van der Waals surface area contributed by atoms with Gasteiger partial charge in [0.25, 0.3) is 0 Å². The van der Waals surface area contributed by atoms with Crippen LogP contribution in [0, 0.1) is 0 Å². The Bertz CT molecular complexity index is 520. The van der Waals surface area contributed by atoms with Crippen LogP contribution >= 0.6 is 0 Å². The highest BCUT2D eigenvalue weighted by Crippen LogP contribution is 2.17. The molecule has 2 rings (SSSR count). The Balaban J connectivity index is 2.29. The molecule has 0 aliphatic rings. The number of aromatic nitrogens is 1. The highest BCUT2D eigenvalue weighted by molar-refractivity contribution is 5.94. The standard InChI is InChI=1S/C13H15NO2/c1-13(2,3)16-12(15)10-5-4-9-6-7-14-11(9)8-10/h4-8,14H,1-3H3. The van der Waals surface area contributed by atoms with Crippen molar-refractivity contribution in [3.05, 3.63) is 36.0 Å². The fraction of sp³-hybridized carbons (Fsp3) is 0.308. The number of carbonyl (C=O) groups is 1. The first-order valence-corrected chi connectivity index (χ1v) is 5.26. The smallest absolute Gasteiger partial charge is 0.338 e. The van der Waals surface area contributed by atoms with Gasteiger partial charge in [0, 0.05) is 11.7 Å². The summed E-state index contributed by atoms with van der Waals surface area (Å²) in [5.41, 5.74) is 1.06. The molecule has 0 aliphatic heterocycles. The second-order valence-corrected chi connectivity index (χ2v) is 4.78. The maximum Gasteiger partial charge on any atom is 0.338 e. The molecule has 16 heavy (non-hydrogen) atoms. The lowest BCUT2D eigenvalue weighted by Gasteiger charge is -2.19. The lowest BCUT2D eigenvalue weighted by atomic mass is 10.1. The predicted octanol–water partition coefficient (Wildman–Crippen LogP) is 3.12.